The molecule has 98 valence electrons. The molecule has 4 nitrogen and oxygen atoms in total. The molecule has 1 atom stereocenters. The number of carboxylic acids is 1. The third kappa shape index (κ3) is 5.31. The minimum Gasteiger partial charge on any atom is -0.481 e. The average Bonchev–Trinajstić information content (AvgIpc) is 2.12. The van der Waals surface area contributed by atoms with E-state index in [1.165, 1.54) is 0 Å². The van der Waals surface area contributed by atoms with Crippen molar-refractivity contribution in [1.82, 2.24) is 0 Å². The maximum atomic E-state index is 11.7. The number of amides is 1. The number of hydrogen-bond acceptors (Lipinski definition) is 2. The minimum atomic E-state index is -0.881. The van der Waals surface area contributed by atoms with Gasteiger partial charge in [0.25, 0.3) is 0 Å². The van der Waals surface area contributed by atoms with Crippen LogP contribution in [-0.4, -0.2) is 17.0 Å². The number of aliphatic carboxylic acids is 1. The maximum absolute atomic E-state index is 11.7. The highest BCUT2D eigenvalue weighted by Crippen LogP contribution is 2.19. The standard InChI is InChI=1S/C13H16BrNO3/c1-8-3-10(14)7-11(4-8)15-12(16)5-9(2)6-13(17)18/h3-4,7,9H,5-6H2,1-2H3,(H,15,16)(H,17,18). The van der Waals surface area contributed by atoms with Crippen molar-refractivity contribution in [3.63, 3.8) is 0 Å². The summed E-state index contributed by atoms with van der Waals surface area (Å²) in [6, 6.07) is 5.62. The molecule has 1 rings (SSSR count). The quantitative estimate of drug-likeness (QED) is 0.877. The van der Waals surface area contributed by atoms with E-state index in [0.29, 0.717) is 0 Å². The van der Waals surface area contributed by atoms with Gasteiger partial charge in [0, 0.05) is 23.0 Å². The predicted octanol–water partition coefficient (Wildman–Crippen LogP) is 3.20. The van der Waals surface area contributed by atoms with Crippen molar-refractivity contribution < 1.29 is 14.7 Å². The van der Waals surface area contributed by atoms with Crippen molar-refractivity contribution in [3.8, 4) is 0 Å². The lowest BCUT2D eigenvalue weighted by molar-refractivity contribution is -0.138. The lowest BCUT2D eigenvalue weighted by Gasteiger charge is -2.10. The summed E-state index contributed by atoms with van der Waals surface area (Å²) in [5.74, 6) is -1.22. The predicted molar refractivity (Wildman–Crippen MR) is 73.5 cm³/mol. The molecule has 0 bridgehead atoms. The number of nitrogens with one attached hydrogen (secondary N) is 1. The second-order valence-electron chi connectivity index (χ2n) is 4.47. The molecule has 0 aromatic heterocycles. The molecule has 1 unspecified atom stereocenters. The summed E-state index contributed by atoms with van der Waals surface area (Å²) in [4.78, 5) is 22.2. The zero-order valence-corrected chi connectivity index (χ0v) is 12.0. The van der Waals surface area contributed by atoms with Crippen LogP contribution in [0.2, 0.25) is 0 Å². The molecule has 0 saturated heterocycles. The Morgan fingerprint density at radius 3 is 2.56 bits per heavy atom. The Labute approximate surface area is 115 Å². The smallest absolute Gasteiger partial charge is 0.303 e. The number of carbonyl (C=O) groups is 2. The van der Waals surface area contributed by atoms with E-state index in [2.05, 4.69) is 21.2 Å². The summed E-state index contributed by atoms with van der Waals surface area (Å²) >= 11 is 3.36. The summed E-state index contributed by atoms with van der Waals surface area (Å²) in [6.45, 7) is 3.69. The van der Waals surface area contributed by atoms with Gasteiger partial charge in [0.05, 0.1) is 0 Å². The van der Waals surface area contributed by atoms with Crippen LogP contribution in [0.1, 0.15) is 25.3 Å². The lowest BCUT2D eigenvalue weighted by atomic mass is 10.0. The van der Waals surface area contributed by atoms with Crippen molar-refractivity contribution in [2.75, 3.05) is 5.32 Å². The van der Waals surface area contributed by atoms with Gasteiger partial charge in [0.15, 0.2) is 0 Å². The van der Waals surface area contributed by atoms with Crippen LogP contribution in [0.3, 0.4) is 0 Å². The molecule has 1 amide bonds. The number of aryl methyl sites for hydroxylation is 1. The molecule has 0 saturated carbocycles. The molecule has 2 N–H and O–H groups in total. The number of benzene rings is 1. The fourth-order valence-electron chi connectivity index (χ4n) is 1.71. The molecule has 1 aromatic carbocycles. The van der Waals surface area contributed by atoms with Gasteiger partial charge in [0.1, 0.15) is 0 Å². The van der Waals surface area contributed by atoms with E-state index in [1.54, 1.807) is 6.92 Å². The first-order valence-electron chi connectivity index (χ1n) is 5.65. The summed E-state index contributed by atoms with van der Waals surface area (Å²) in [7, 11) is 0. The molecule has 5 heteroatoms. The molecule has 0 aliphatic carbocycles. The minimum absolute atomic E-state index is 0.00489. The second kappa shape index (κ2) is 6.54. The first kappa shape index (κ1) is 14.7. The van der Waals surface area contributed by atoms with Gasteiger partial charge in [-0.25, -0.2) is 0 Å². The fraction of sp³-hybridized carbons (Fsp3) is 0.385. The van der Waals surface area contributed by atoms with Gasteiger partial charge in [-0.1, -0.05) is 22.9 Å². The van der Waals surface area contributed by atoms with Gasteiger partial charge in [0.2, 0.25) is 5.91 Å². The number of anilines is 1. The number of carbonyl (C=O) groups excluding carboxylic acids is 1. The molecule has 1 aromatic rings. The first-order valence-corrected chi connectivity index (χ1v) is 6.45. The molecule has 0 radical (unpaired) electrons. The van der Waals surface area contributed by atoms with Crippen LogP contribution < -0.4 is 5.32 Å². The summed E-state index contributed by atoms with van der Waals surface area (Å²) < 4.78 is 0.899. The largest absolute Gasteiger partial charge is 0.481 e. The SMILES string of the molecule is Cc1cc(Br)cc(NC(=O)CC(C)CC(=O)O)c1. The van der Waals surface area contributed by atoms with Crippen molar-refractivity contribution in [3.05, 3.63) is 28.2 Å². The van der Waals surface area contributed by atoms with E-state index in [9.17, 15) is 9.59 Å². The molecular weight excluding hydrogens is 298 g/mol. The Bertz CT molecular complexity index is 439. The molecule has 0 aliphatic rings. The van der Waals surface area contributed by atoms with E-state index >= 15 is 0 Å². The van der Waals surface area contributed by atoms with Gasteiger partial charge in [-0.05, 0) is 36.6 Å². The van der Waals surface area contributed by atoms with Crippen LogP contribution >= 0.6 is 15.9 Å². The van der Waals surface area contributed by atoms with Crippen LogP contribution in [0.25, 0.3) is 0 Å². The normalized spacial score (nSPS) is 11.9. The van der Waals surface area contributed by atoms with Gasteiger partial charge in [-0.3, -0.25) is 9.59 Å². The topological polar surface area (TPSA) is 66.4 Å². The summed E-state index contributed by atoms with van der Waals surface area (Å²) in [5.41, 5.74) is 1.76. The van der Waals surface area contributed by atoms with E-state index in [4.69, 9.17) is 5.11 Å². The Balaban J connectivity index is 2.56. The lowest BCUT2D eigenvalue weighted by Crippen LogP contribution is -2.17. The van der Waals surface area contributed by atoms with Crippen molar-refractivity contribution in [1.29, 1.82) is 0 Å². The highest BCUT2D eigenvalue weighted by Gasteiger charge is 2.12. The van der Waals surface area contributed by atoms with Crippen LogP contribution in [0, 0.1) is 12.8 Å². The number of carboxylic acid groups (broad SMARTS) is 1. The third-order valence-electron chi connectivity index (χ3n) is 2.38. The fourth-order valence-corrected chi connectivity index (χ4v) is 2.31. The Hall–Kier alpha value is -1.36. The van der Waals surface area contributed by atoms with E-state index in [-0.39, 0.29) is 24.7 Å². The molecule has 0 fully saturated rings. The highest BCUT2D eigenvalue weighted by molar-refractivity contribution is 9.10. The van der Waals surface area contributed by atoms with Crippen LogP contribution in [0.4, 0.5) is 5.69 Å². The zero-order chi connectivity index (χ0) is 13.7. The van der Waals surface area contributed by atoms with Gasteiger partial charge in [-0.2, -0.15) is 0 Å². The van der Waals surface area contributed by atoms with Gasteiger partial charge < -0.3 is 10.4 Å². The van der Waals surface area contributed by atoms with Crippen molar-refractivity contribution >= 4 is 33.5 Å². The number of hydrogen-bond donors (Lipinski definition) is 2. The van der Waals surface area contributed by atoms with Gasteiger partial charge >= 0.3 is 5.97 Å². The van der Waals surface area contributed by atoms with Crippen LogP contribution in [-0.2, 0) is 9.59 Å². The maximum Gasteiger partial charge on any atom is 0.303 e. The second-order valence-corrected chi connectivity index (χ2v) is 5.39. The first-order chi connectivity index (χ1) is 8.36. The molecule has 0 aliphatic heterocycles. The molecule has 0 heterocycles. The van der Waals surface area contributed by atoms with Gasteiger partial charge in [-0.15, -0.1) is 0 Å². The molecule has 18 heavy (non-hydrogen) atoms. The summed E-state index contributed by atoms with van der Waals surface area (Å²) in [5, 5.41) is 11.4. The zero-order valence-electron chi connectivity index (χ0n) is 10.4. The molecule has 0 spiro atoms. The number of rotatable bonds is 5. The van der Waals surface area contributed by atoms with E-state index < -0.39 is 5.97 Å². The molecular formula is C13H16BrNO3. The van der Waals surface area contributed by atoms with Crippen molar-refractivity contribution in [2.45, 2.75) is 26.7 Å². The number of halogens is 1. The Morgan fingerprint density at radius 1 is 1.33 bits per heavy atom. The Morgan fingerprint density at radius 2 is 2.00 bits per heavy atom. The average molecular weight is 314 g/mol. The van der Waals surface area contributed by atoms with Crippen LogP contribution in [0.5, 0.6) is 0 Å². The van der Waals surface area contributed by atoms with E-state index in [0.717, 1.165) is 15.7 Å². The van der Waals surface area contributed by atoms with Crippen LogP contribution in [0.15, 0.2) is 22.7 Å². The Kier molecular flexibility index (Phi) is 5.34. The van der Waals surface area contributed by atoms with Crippen molar-refractivity contribution in [2.24, 2.45) is 5.92 Å². The van der Waals surface area contributed by atoms with E-state index in [1.807, 2.05) is 25.1 Å². The monoisotopic (exact) mass is 313 g/mol. The highest BCUT2D eigenvalue weighted by atomic mass is 79.9. The summed E-state index contributed by atoms with van der Waals surface area (Å²) in [6.07, 6.45) is 0.211. The third-order valence-corrected chi connectivity index (χ3v) is 2.84.